The number of alkyl halides is 3. The van der Waals surface area contributed by atoms with E-state index in [2.05, 4.69) is 0 Å². The van der Waals surface area contributed by atoms with E-state index in [9.17, 15) is 4.79 Å². The molecule has 0 aromatic rings. The fraction of sp³-hybridized carbons (Fsp3) is 0.800. The first-order chi connectivity index (χ1) is 4.92. The zero-order valence-electron chi connectivity index (χ0n) is 5.72. The standard InChI is InChI=1S/C5H8Cl3NO2/c1-3(6)5(7,8)4(11)9-2-10/h2-4,11H,1H3,(H,9,10)/t3-,4-/m0/s1. The number of amides is 1. The molecule has 0 bridgehead atoms. The second-order valence-corrected chi connectivity index (χ2v) is 4.08. The van der Waals surface area contributed by atoms with Gasteiger partial charge in [-0.05, 0) is 6.92 Å². The van der Waals surface area contributed by atoms with Gasteiger partial charge in [0.2, 0.25) is 6.41 Å². The number of aliphatic hydroxyl groups excluding tert-OH is 1. The van der Waals surface area contributed by atoms with E-state index in [1.165, 1.54) is 6.92 Å². The van der Waals surface area contributed by atoms with E-state index < -0.39 is 15.9 Å². The van der Waals surface area contributed by atoms with E-state index in [1.807, 2.05) is 5.32 Å². The second-order valence-electron chi connectivity index (χ2n) is 1.98. The molecule has 0 saturated heterocycles. The van der Waals surface area contributed by atoms with Gasteiger partial charge >= 0.3 is 0 Å². The Balaban J connectivity index is 4.16. The van der Waals surface area contributed by atoms with Crippen molar-refractivity contribution < 1.29 is 9.90 Å². The summed E-state index contributed by atoms with van der Waals surface area (Å²) < 4.78 is -1.57. The number of halogens is 3. The maximum Gasteiger partial charge on any atom is 0.209 e. The van der Waals surface area contributed by atoms with Gasteiger partial charge in [0.1, 0.15) is 0 Å². The summed E-state index contributed by atoms with van der Waals surface area (Å²) in [6, 6.07) is 0. The first-order valence-corrected chi connectivity index (χ1v) is 4.01. The highest BCUT2D eigenvalue weighted by molar-refractivity contribution is 6.52. The Kier molecular flexibility index (Phi) is 4.48. The lowest BCUT2D eigenvalue weighted by Gasteiger charge is -2.26. The van der Waals surface area contributed by atoms with Gasteiger partial charge in [-0.3, -0.25) is 4.79 Å². The van der Waals surface area contributed by atoms with Crippen molar-refractivity contribution in [2.24, 2.45) is 0 Å². The molecule has 66 valence electrons. The van der Waals surface area contributed by atoms with E-state index in [0.29, 0.717) is 6.41 Å². The highest BCUT2D eigenvalue weighted by Crippen LogP contribution is 2.31. The van der Waals surface area contributed by atoms with Gasteiger partial charge in [0.25, 0.3) is 0 Å². The first kappa shape index (κ1) is 11.3. The quantitative estimate of drug-likeness (QED) is 0.419. The summed E-state index contributed by atoms with van der Waals surface area (Å²) in [5, 5.41) is 10.4. The topological polar surface area (TPSA) is 49.3 Å². The van der Waals surface area contributed by atoms with Crippen molar-refractivity contribution >= 4 is 41.2 Å². The van der Waals surface area contributed by atoms with Crippen molar-refractivity contribution in [3.63, 3.8) is 0 Å². The maximum atomic E-state index is 9.85. The van der Waals surface area contributed by atoms with Crippen molar-refractivity contribution in [1.82, 2.24) is 5.32 Å². The second kappa shape index (κ2) is 4.36. The normalized spacial score (nSPS) is 17.2. The number of hydrogen-bond donors (Lipinski definition) is 2. The third-order valence-corrected chi connectivity index (χ3v) is 2.76. The van der Waals surface area contributed by atoms with Crippen molar-refractivity contribution in [3.05, 3.63) is 0 Å². The molecule has 0 unspecified atom stereocenters. The zero-order chi connectivity index (χ0) is 9.07. The monoisotopic (exact) mass is 219 g/mol. The maximum absolute atomic E-state index is 9.85. The third kappa shape index (κ3) is 3.03. The molecule has 3 nitrogen and oxygen atoms in total. The molecule has 6 heteroatoms. The number of carbonyl (C=O) groups excluding carboxylic acids is 1. The van der Waals surface area contributed by atoms with Crippen LogP contribution in [-0.2, 0) is 4.79 Å². The predicted octanol–water partition coefficient (Wildman–Crippen LogP) is 0.852. The molecular formula is C5H8Cl3NO2. The summed E-state index contributed by atoms with van der Waals surface area (Å²) in [6.07, 6.45) is -1.07. The summed E-state index contributed by atoms with van der Waals surface area (Å²) in [7, 11) is 0. The van der Waals surface area contributed by atoms with Gasteiger partial charge in [-0.25, -0.2) is 0 Å². The molecular weight excluding hydrogens is 212 g/mol. The number of nitrogens with one attached hydrogen (secondary N) is 1. The van der Waals surface area contributed by atoms with Crippen LogP contribution in [0.5, 0.6) is 0 Å². The van der Waals surface area contributed by atoms with Crippen LogP contribution in [-0.4, -0.2) is 27.5 Å². The molecule has 1 amide bonds. The summed E-state index contributed by atoms with van der Waals surface area (Å²) in [5.41, 5.74) is 0. The molecule has 0 spiro atoms. The molecule has 0 aromatic carbocycles. The van der Waals surface area contributed by atoms with Crippen LogP contribution in [0.1, 0.15) is 6.92 Å². The van der Waals surface area contributed by atoms with Gasteiger partial charge in [0.05, 0.1) is 5.38 Å². The molecule has 0 aliphatic carbocycles. The largest absolute Gasteiger partial charge is 0.370 e. The lowest BCUT2D eigenvalue weighted by molar-refractivity contribution is -0.112. The molecule has 0 saturated carbocycles. The Morgan fingerprint density at radius 1 is 1.64 bits per heavy atom. The lowest BCUT2D eigenvalue weighted by Crippen LogP contribution is -2.47. The van der Waals surface area contributed by atoms with Crippen LogP contribution in [0, 0.1) is 0 Å². The van der Waals surface area contributed by atoms with Gasteiger partial charge in [0.15, 0.2) is 10.6 Å². The minimum Gasteiger partial charge on any atom is -0.370 e. The lowest BCUT2D eigenvalue weighted by atomic mass is 10.3. The smallest absolute Gasteiger partial charge is 0.209 e. The molecule has 0 radical (unpaired) electrons. The van der Waals surface area contributed by atoms with Gasteiger partial charge in [-0.15, -0.1) is 11.6 Å². The van der Waals surface area contributed by atoms with Crippen LogP contribution < -0.4 is 5.32 Å². The molecule has 0 aliphatic heterocycles. The molecule has 11 heavy (non-hydrogen) atoms. The van der Waals surface area contributed by atoms with E-state index in [-0.39, 0.29) is 0 Å². The van der Waals surface area contributed by atoms with Crippen LogP contribution >= 0.6 is 34.8 Å². The summed E-state index contributed by atoms with van der Waals surface area (Å²) in [6.45, 7) is 1.51. The zero-order valence-corrected chi connectivity index (χ0v) is 7.99. The first-order valence-electron chi connectivity index (χ1n) is 2.82. The van der Waals surface area contributed by atoms with Gasteiger partial charge < -0.3 is 10.4 Å². The number of carbonyl (C=O) groups is 1. The summed E-state index contributed by atoms with van der Waals surface area (Å²) in [4.78, 5) is 9.85. The van der Waals surface area contributed by atoms with Crippen molar-refractivity contribution in [2.75, 3.05) is 0 Å². The Labute approximate surface area is 79.6 Å². The minimum absolute atomic E-state index is 0.295. The van der Waals surface area contributed by atoms with E-state index in [1.54, 1.807) is 0 Å². The van der Waals surface area contributed by atoms with Crippen molar-refractivity contribution in [3.8, 4) is 0 Å². The Hall–Kier alpha value is 0.300. The Morgan fingerprint density at radius 2 is 2.09 bits per heavy atom. The fourth-order valence-corrected chi connectivity index (χ4v) is 0.638. The summed E-state index contributed by atoms with van der Waals surface area (Å²) >= 11 is 16.6. The number of hydrogen-bond acceptors (Lipinski definition) is 2. The van der Waals surface area contributed by atoms with Crippen molar-refractivity contribution in [2.45, 2.75) is 22.9 Å². The van der Waals surface area contributed by atoms with E-state index in [4.69, 9.17) is 39.9 Å². The number of aliphatic hydroxyl groups is 1. The molecule has 0 aromatic heterocycles. The van der Waals surface area contributed by atoms with Crippen molar-refractivity contribution in [1.29, 1.82) is 0 Å². The van der Waals surface area contributed by atoms with Crippen LogP contribution in [0.3, 0.4) is 0 Å². The Morgan fingerprint density at radius 3 is 2.36 bits per heavy atom. The SMILES string of the molecule is C[C@H](Cl)C(Cl)(Cl)[C@H](O)NC=O. The average molecular weight is 220 g/mol. The number of rotatable bonds is 4. The van der Waals surface area contributed by atoms with Crippen LogP contribution in [0.15, 0.2) is 0 Å². The third-order valence-electron chi connectivity index (χ3n) is 1.12. The van der Waals surface area contributed by atoms with E-state index in [0.717, 1.165) is 0 Å². The van der Waals surface area contributed by atoms with Gasteiger partial charge in [-0.1, -0.05) is 23.2 Å². The molecule has 0 fully saturated rings. The highest BCUT2D eigenvalue weighted by Gasteiger charge is 2.38. The minimum atomic E-state index is -1.57. The van der Waals surface area contributed by atoms with Gasteiger partial charge in [0, 0.05) is 0 Å². The molecule has 0 heterocycles. The predicted molar refractivity (Wildman–Crippen MR) is 45.0 cm³/mol. The molecule has 2 atom stereocenters. The average Bonchev–Trinajstić information content (AvgIpc) is 1.88. The summed E-state index contributed by atoms with van der Waals surface area (Å²) in [5.74, 6) is 0. The van der Waals surface area contributed by atoms with Crippen LogP contribution in [0.2, 0.25) is 0 Å². The van der Waals surface area contributed by atoms with Crippen LogP contribution in [0.4, 0.5) is 0 Å². The Bertz CT molecular complexity index is 140. The molecule has 0 rings (SSSR count). The van der Waals surface area contributed by atoms with Gasteiger partial charge in [-0.2, -0.15) is 0 Å². The van der Waals surface area contributed by atoms with E-state index >= 15 is 0 Å². The highest BCUT2D eigenvalue weighted by atomic mass is 35.5. The molecule has 0 aliphatic rings. The van der Waals surface area contributed by atoms with Crippen LogP contribution in [0.25, 0.3) is 0 Å². The molecule has 2 N–H and O–H groups in total. The fourth-order valence-electron chi connectivity index (χ4n) is 0.393.